The molecule has 2 rings (SSSR count). The third kappa shape index (κ3) is 1.09. The molecule has 0 aliphatic carbocycles. The largest absolute Gasteiger partial charge is 0.339 e. The second kappa shape index (κ2) is 2.34. The van der Waals surface area contributed by atoms with Crippen LogP contribution < -0.4 is 0 Å². The van der Waals surface area contributed by atoms with Gasteiger partial charge in [-0.3, -0.25) is 9.79 Å². The van der Waals surface area contributed by atoms with Crippen LogP contribution in [0.15, 0.2) is 23.3 Å². The number of hydrogen-bond acceptors (Lipinski definition) is 2. The van der Waals surface area contributed by atoms with Gasteiger partial charge in [0.1, 0.15) is 0 Å². The zero-order valence-electron chi connectivity index (χ0n) is 6.03. The molecule has 0 amide bonds. The number of rotatable bonds is 0. The minimum absolute atomic E-state index is 0.163. The van der Waals surface area contributed by atoms with Crippen molar-refractivity contribution in [2.24, 2.45) is 4.99 Å². The van der Waals surface area contributed by atoms with Crippen molar-refractivity contribution in [1.29, 1.82) is 0 Å². The molecule has 0 fully saturated rings. The topological polar surface area (TPSA) is 34.4 Å². The molecule has 0 N–H and O–H groups in total. The average molecular weight is 148 g/mol. The monoisotopic (exact) mass is 148 g/mol. The van der Waals surface area contributed by atoms with Gasteiger partial charge in [0.25, 0.3) is 0 Å². The molecule has 0 unspecified atom stereocenters. The van der Waals surface area contributed by atoms with Gasteiger partial charge in [0.15, 0.2) is 5.78 Å². The van der Waals surface area contributed by atoms with Gasteiger partial charge in [-0.15, -0.1) is 0 Å². The SMILES string of the molecule is O=C1CN=Cc2cccn2C1. The van der Waals surface area contributed by atoms with Gasteiger partial charge in [-0.05, 0) is 12.1 Å². The second-order valence-electron chi connectivity index (χ2n) is 2.57. The number of aromatic nitrogens is 1. The lowest BCUT2D eigenvalue weighted by Gasteiger charge is -1.98. The number of nitrogens with zero attached hydrogens (tertiary/aromatic N) is 2. The summed E-state index contributed by atoms with van der Waals surface area (Å²) in [4.78, 5) is 15.0. The fourth-order valence-corrected chi connectivity index (χ4v) is 1.17. The Balaban J connectivity index is 2.44. The van der Waals surface area contributed by atoms with E-state index in [1.807, 2.05) is 22.9 Å². The highest BCUT2D eigenvalue weighted by Crippen LogP contribution is 2.02. The maximum Gasteiger partial charge on any atom is 0.173 e. The maximum absolute atomic E-state index is 11.0. The van der Waals surface area contributed by atoms with Crippen LogP contribution in [0.25, 0.3) is 0 Å². The standard InChI is InChI=1S/C8H8N2O/c11-8-5-9-4-7-2-1-3-10(7)6-8/h1-4H,5-6H2. The van der Waals surface area contributed by atoms with E-state index in [4.69, 9.17) is 0 Å². The van der Waals surface area contributed by atoms with Crippen molar-refractivity contribution in [3.05, 3.63) is 24.0 Å². The quantitative estimate of drug-likeness (QED) is 0.527. The summed E-state index contributed by atoms with van der Waals surface area (Å²) in [7, 11) is 0. The summed E-state index contributed by atoms with van der Waals surface area (Å²) in [5.74, 6) is 0.163. The first-order valence-electron chi connectivity index (χ1n) is 3.53. The Hall–Kier alpha value is -1.38. The van der Waals surface area contributed by atoms with Gasteiger partial charge in [0.2, 0.25) is 0 Å². The number of Topliss-reactive ketones (excluding diaryl/α,β-unsaturated/α-hetero) is 1. The predicted molar refractivity (Wildman–Crippen MR) is 41.9 cm³/mol. The van der Waals surface area contributed by atoms with Crippen LogP contribution in [0.4, 0.5) is 0 Å². The molecule has 0 aromatic carbocycles. The van der Waals surface area contributed by atoms with Crippen molar-refractivity contribution in [2.75, 3.05) is 6.54 Å². The van der Waals surface area contributed by atoms with Crippen LogP contribution in [-0.2, 0) is 11.3 Å². The fourth-order valence-electron chi connectivity index (χ4n) is 1.17. The average Bonchev–Trinajstić information content (AvgIpc) is 2.31. The molecule has 1 aliphatic heterocycles. The van der Waals surface area contributed by atoms with Crippen LogP contribution in [0.1, 0.15) is 5.69 Å². The lowest BCUT2D eigenvalue weighted by Crippen LogP contribution is -2.10. The molecule has 56 valence electrons. The highest BCUT2D eigenvalue weighted by Gasteiger charge is 2.07. The number of hydrogen-bond donors (Lipinski definition) is 0. The molecular weight excluding hydrogens is 140 g/mol. The molecule has 0 spiro atoms. The number of aliphatic imine (C=N–C) groups is 1. The Kier molecular flexibility index (Phi) is 1.35. The molecule has 0 bridgehead atoms. The smallest absolute Gasteiger partial charge is 0.173 e. The van der Waals surface area contributed by atoms with Gasteiger partial charge >= 0.3 is 0 Å². The van der Waals surface area contributed by atoms with Crippen LogP contribution in [0.2, 0.25) is 0 Å². The Labute approximate surface area is 64.4 Å². The zero-order valence-corrected chi connectivity index (χ0v) is 6.03. The van der Waals surface area contributed by atoms with E-state index in [1.165, 1.54) is 0 Å². The van der Waals surface area contributed by atoms with Crippen molar-refractivity contribution < 1.29 is 4.79 Å². The molecule has 1 aliphatic rings. The van der Waals surface area contributed by atoms with Crippen molar-refractivity contribution >= 4 is 12.0 Å². The van der Waals surface area contributed by atoms with Crippen LogP contribution in [0, 0.1) is 0 Å². The van der Waals surface area contributed by atoms with Gasteiger partial charge in [-0.1, -0.05) is 0 Å². The molecule has 0 atom stereocenters. The van der Waals surface area contributed by atoms with E-state index in [9.17, 15) is 4.79 Å². The summed E-state index contributed by atoms with van der Waals surface area (Å²) >= 11 is 0. The summed E-state index contributed by atoms with van der Waals surface area (Å²) in [6.45, 7) is 0.782. The molecule has 1 aromatic rings. The molecule has 3 heteroatoms. The van der Waals surface area contributed by atoms with E-state index in [0.717, 1.165) is 5.69 Å². The van der Waals surface area contributed by atoms with Gasteiger partial charge in [0.05, 0.1) is 18.8 Å². The predicted octanol–water partition coefficient (Wildman–Crippen LogP) is 0.490. The summed E-state index contributed by atoms with van der Waals surface area (Å²) in [5, 5.41) is 0. The Bertz CT molecular complexity index is 312. The molecule has 11 heavy (non-hydrogen) atoms. The van der Waals surface area contributed by atoms with E-state index >= 15 is 0 Å². The van der Waals surface area contributed by atoms with E-state index in [0.29, 0.717) is 13.1 Å². The lowest BCUT2D eigenvalue weighted by molar-refractivity contribution is -0.118. The Morgan fingerprint density at radius 3 is 3.36 bits per heavy atom. The van der Waals surface area contributed by atoms with Crippen molar-refractivity contribution in [2.45, 2.75) is 6.54 Å². The Morgan fingerprint density at radius 2 is 2.45 bits per heavy atom. The molecule has 2 heterocycles. The summed E-state index contributed by atoms with van der Waals surface area (Å²) in [5.41, 5.74) is 1.01. The van der Waals surface area contributed by atoms with Crippen LogP contribution in [-0.4, -0.2) is 23.1 Å². The van der Waals surface area contributed by atoms with Gasteiger partial charge in [-0.2, -0.15) is 0 Å². The van der Waals surface area contributed by atoms with Gasteiger partial charge in [0, 0.05) is 12.4 Å². The van der Waals surface area contributed by atoms with Crippen LogP contribution in [0.3, 0.4) is 0 Å². The van der Waals surface area contributed by atoms with E-state index < -0.39 is 0 Å². The first-order valence-corrected chi connectivity index (χ1v) is 3.53. The first kappa shape index (κ1) is 6.34. The van der Waals surface area contributed by atoms with Crippen molar-refractivity contribution in [3.63, 3.8) is 0 Å². The summed E-state index contributed by atoms with van der Waals surface area (Å²) in [6, 6.07) is 3.86. The van der Waals surface area contributed by atoms with Gasteiger partial charge < -0.3 is 4.57 Å². The van der Waals surface area contributed by atoms with Crippen molar-refractivity contribution in [3.8, 4) is 0 Å². The molecule has 1 aromatic heterocycles. The number of carbonyl (C=O) groups is 1. The van der Waals surface area contributed by atoms with Crippen LogP contribution >= 0.6 is 0 Å². The van der Waals surface area contributed by atoms with E-state index in [2.05, 4.69) is 4.99 Å². The highest BCUT2D eigenvalue weighted by atomic mass is 16.1. The Morgan fingerprint density at radius 1 is 1.55 bits per heavy atom. The summed E-state index contributed by atoms with van der Waals surface area (Å²) in [6.07, 6.45) is 3.63. The van der Waals surface area contributed by atoms with Crippen molar-refractivity contribution in [1.82, 2.24) is 4.57 Å². The third-order valence-electron chi connectivity index (χ3n) is 1.70. The lowest BCUT2D eigenvalue weighted by atomic mass is 10.4. The molecule has 0 saturated carbocycles. The minimum atomic E-state index is 0.163. The van der Waals surface area contributed by atoms with Crippen LogP contribution in [0.5, 0.6) is 0 Å². The third-order valence-corrected chi connectivity index (χ3v) is 1.70. The maximum atomic E-state index is 11.0. The zero-order chi connectivity index (χ0) is 7.68. The highest BCUT2D eigenvalue weighted by molar-refractivity contribution is 5.87. The van der Waals surface area contributed by atoms with E-state index in [-0.39, 0.29) is 5.78 Å². The molecule has 0 saturated heterocycles. The summed E-state index contributed by atoms with van der Waals surface area (Å²) < 4.78 is 1.90. The first-order chi connectivity index (χ1) is 5.36. The number of carbonyl (C=O) groups excluding carboxylic acids is 1. The second-order valence-corrected chi connectivity index (χ2v) is 2.57. The number of fused-ring (bicyclic) bond motifs is 1. The molecule has 3 nitrogen and oxygen atoms in total. The van der Waals surface area contributed by atoms with E-state index in [1.54, 1.807) is 6.21 Å². The molecule has 0 radical (unpaired) electrons. The van der Waals surface area contributed by atoms with Gasteiger partial charge in [-0.25, -0.2) is 0 Å². The normalized spacial score (nSPS) is 16.2. The fraction of sp³-hybridized carbons (Fsp3) is 0.250. The number of ketones is 1. The molecular formula is C8H8N2O. The minimum Gasteiger partial charge on any atom is -0.339 e.